The van der Waals surface area contributed by atoms with Crippen LogP contribution in [-0.2, 0) is 11.3 Å². The third kappa shape index (κ3) is 5.51. The first-order chi connectivity index (χ1) is 12.5. The highest BCUT2D eigenvalue weighted by molar-refractivity contribution is 5.94. The minimum atomic E-state index is -0.270. The number of hydrogen-bond donors (Lipinski definition) is 2. The molecule has 1 unspecified atom stereocenters. The maximum atomic E-state index is 12.1. The Labute approximate surface area is 153 Å². The Morgan fingerprint density at radius 3 is 2.35 bits per heavy atom. The Morgan fingerprint density at radius 2 is 1.69 bits per heavy atom. The molecule has 26 heavy (non-hydrogen) atoms. The Kier molecular flexibility index (Phi) is 7.02. The lowest BCUT2D eigenvalue weighted by Crippen LogP contribution is -2.37. The van der Waals surface area contributed by atoms with E-state index in [4.69, 9.17) is 9.47 Å². The van der Waals surface area contributed by atoms with Crippen LogP contribution >= 0.6 is 0 Å². The Balaban J connectivity index is 1.82. The predicted molar refractivity (Wildman–Crippen MR) is 99.4 cm³/mol. The second-order valence-electron chi connectivity index (χ2n) is 5.91. The first kappa shape index (κ1) is 19.3. The van der Waals surface area contributed by atoms with E-state index in [0.29, 0.717) is 23.6 Å². The van der Waals surface area contributed by atoms with Crippen molar-refractivity contribution < 1.29 is 19.1 Å². The van der Waals surface area contributed by atoms with Gasteiger partial charge in [0, 0.05) is 24.6 Å². The van der Waals surface area contributed by atoms with Crippen LogP contribution in [0.15, 0.2) is 48.5 Å². The summed E-state index contributed by atoms with van der Waals surface area (Å²) in [5, 5.41) is 5.67. The van der Waals surface area contributed by atoms with Crippen LogP contribution in [0.4, 0.5) is 0 Å². The maximum absolute atomic E-state index is 12.1. The van der Waals surface area contributed by atoms with Gasteiger partial charge in [0.25, 0.3) is 5.91 Å². The number of carbonyl (C=O) groups excluding carboxylic acids is 2. The molecular formula is C20H24N2O4. The van der Waals surface area contributed by atoms with Crippen molar-refractivity contribution in [1.29, 1.82) is 0 Å². The zero-order chi connectivity index (χ0) is 18.9. The highest BCUT2D eigenvalue weighted by Crippen LogP contribution is 2.27. The molecule has 0 aliphatic rings. The number of rotatable bonds is 8. The van der Waals surface area contributed by atoms with Gasteiger partial charge in [-0.3, -0.25) is 9.59 Å². The highest BCUT2D eigenvalue weighted by Gasteiger charge is 2.13. The quantitative estimate of drug-likeness (QED) is 0.762. The summed E-state index contributed by atoms with van der Waals surface area (Å²) < 4.78 is 10.4. The molecule has 0 aliphatic heterocycles. The molecule has 0 aromatic heterocycles. The predicted octanol–water partition coefficient (Wildman–Crippen LogP) is 2.53. The number of nitrogens with one attached hydrogen (secondary N) is 2. The van der Waals surface area contributed by atoms with Gasteiger partial charge in [0.05, 0.1) is 14.2 Å². The van der Waals surface area contributed by atoms with Crippen LogP contribution in [0, 0.1) is 0 Å². The van der Waals surface area contributed by atoms with E-state index in [-0.39, 0.29) is 24.3 Å². The second-order valence-corrected chi connectivity index (χ2v) is 5.91. The molecule has 0 aliphatic carbocycles. The molecule has 0 bridgehead atoms. The fourth-order valence-electron chi connectivity index (χ4n) is 2.49. The molecule has 6 nitrogen and oxygen atoms in total. The van der Waals surface area contributed by atoms with Gasteiger partial charge in [0.2, 0.25) is 5.91 Å². The summed E-state index contributed by atoms with van der Waals surface area (Å²) in [6, 6.07) is 14.1. The van der Waals surface area contributed by atoms with Crippen molar-refractivity contribution in [2.45, 2.75) is 25.9 Å². The number of ether oxygens (including phenoxy) is 2. The van der Waals surface area contributed by atoms with E-state index in [1.807, 2.05) is 18.2 Å². The van der Waals surface area contributed by atoms with Crippen molar-refractivity contribution in [2.24, 2.45) is 0 Å². The number of benzene rings is 2. The van der Waals surface area contributed by atoms with Gasteiger partial charge in [-0.05, 0) is 36.8 Å². The number of carbonyl (C=O) groups is 2. The first-order valence-corrected chi connectivity index (χ1v) is 8.37. The summed E-state index contributed by atoms with van der Waals surface area (Å²) in [5.41, 5.74) is 1.47. The van der Waals surface area contributed by atoms with Gasteiger partial charge < -0.3 is 20.1 Å². The monoisotopic (exact) mass is 356 g/mol. The molecule has 0 radical (unpaired) electrons. The van der Waals surface area contributed by atoms with E-state index < -0.39 is 0 Å². The normalized spacial score (nSPS) is 11.3. The fraction of sp³-hybridized carbons (Fsp3) is 0.300. The van der Waals surface area contributed by atoms with Crippen LogP contribution in [0.25, 0.3) is 0 Å². The van der Waals surface area contributed by atoms with E-state index >= 15 is 0 Å². The minimum absolute atomic E-state index is 0.138. The average Bonchev–Trinajstić information content (AvgIpc) is 2.66. The third-order valence-corrected chi connectivity index (χ3v) is 3.84. The molecule has 1 atom stereocenters. The molecule has 6 heteroatoms. The standard InChI is InChI=1S/C20H24N2O4/c1-14(22-20(24)16-7-5-4-6-8-16)11-19(23)21-13-15-9-10-17(25-2)18(12-15)26-3/h4-10,12,14H,11,13H2,1-3H3,(H,21,23)(H,22,24). The topological polar surface area (TPSA) is 76.7 Å². The fourth-order valence-corrected chi connectivity index (χ4v) is 2.49. The van der Waals surface area contributed by atoms with Crippen molar-refractivity contribution >= 4 is 11.8 Å². The van der Waals surface area contributed by atoms with E-state index in [1.54, 1.807) is 51.5 Å². The van der Waals surface area contributed by atoms with Crippen LogP contribution in [0.5, 0.6) is 11.5 Å². The average molecular weight is 356 g/mol. The largest absolute Gasteiger partial charge is 0.493 e. The van der Waals surface area contributed by atoms with E-state index in [1.165, 1.54) is 0 Å². The van der Waals surface area contributed by atoms with Crippen molar-refractivity contribution in [3.63, 3.8) is 0 Å². The summed E-state index contributed by atoms with van der Waals surface area (Å²) >= 11 is 0. The van der Waals surface area contributed by atoms with Crippen LogP contribution in [-0.4, -0.2) is 32.1 Å². The van der Waals surface area contributed by atoms with Gasteiger partial charge >= 0.3 is 0 Å². The minimum Gasteiger partial charge on any atom is -0.493 e. The summed E-state index contributed by atoms with van der Waals surface area (Å²) in [6.07, 6.45) is 0.200. The molecule has 2 rings (SSSR count). The zero-order valence-corrected chi connectivity index (χ0v) is 15.2. The lowest BCUT2D eigenvalue weighted by molar-refractivity contribution is -0.121. The van der Waals surface area contributed by atoms with E-state index in [9.17, 15) is 9.59 Å². The smallest absolute Gasteiger partial charge is 0.251 e. The van der Waals surface area contributed by atoms with Gasteiger partial charge in [-0.2, -0.15) is 0 Å². The summed E-state index contributed by atoms with van der Waals surface area (Å²) in [5.74, 6) is 0.925. The van der Waals surface area contributed by atoms with Gasteiger partial charge in [0.1, 0.15) is 0 Å². The van der Waals surface area contributed by atoms with Crippen molar-refractivity contribution in [3.05, 3.63) is 59.7 Å². The third-order valence-electron chi connectivity index (χ3n) is 3.84. The molecule has 0 heterocycles. The molecule has 0 saturated carbocycles. The van der Waals surface area contributed by atoms with Gasteiger partial charge in [-0.1, -0.05) is 24.3 Å². The highest BCUT2D eigenvalue weighted by atomic mass is 16.5. The summed E-state index contributed by atoms with van der Waals surface area (Å²) in [4.78, 5) is 24.2. The van der Waals surface area contributed by atoms with E-state index in [0.717, 1.165) is 5.56 Å². The Bertz CT molecular complexity index is 747. The molecule has 2 aromatic rings. The van der Waals surface area contributed by atoms with Gasteiger partial charge in [0.15, 0.2) is 11.5 Å². The maximum Gasteiger partial charge on any atom is 0.251 e. The molecule has 0 spiro atoms. The second kappa shape index (κ2) is 9.46. The molecule has 138 valence electrons. The summed E-state index contributed by atoms with van der Waals surface area (Å²) in [7, 11) is 3.14. The van der Waals surface area contributed by atoms with Crippen molar-refractivity contribution in [1.82, 2.24) is 10.6 Å². The molecule has 0 fully saturated rings. The SMILES string of the molecule is COc1ccc(CNC(=O)CC(C)NC(=O)c2ccccc2)cc1OC. The van der Waals surface area contributed by atoms with Crippen molar-refractivity contribution in [2.75, 3.05) is 14.2 Å². The first-order valence-electron chi connectivity index (χ1n) is 8.37. The molecule has 2 N–H and O–H groups in total. The van der Waals surface area contributed by atoms with Gasteiger partial charge in [-0.15, -0.1) is 0 Å². The summed E-state index contributed by atoms with van der Waals surface area (Å²) in [6.45, 7) is 2.18. The zero-order valence-electron chi connectivity index (χ0n) is 15.2. The van der Waals surface area contributed by atoms with Crippen LogP contribution in [0.1, 0.15) is 29.3 Å². The van der Waals surface area contributed by atoms with Crippen LogP contribution < -0.4 is 20.1 Å². The molecule has 0 saturated heterocycles. The number of amides is 2. The van der Waals surface area contributed by atoms with Crippen molar-refractivity contribution in [3.8, 4) is 11.5 Å². The van der Waals surface area contributed by atoms with Gasteiger partial charge in [-0.25, -0.2) is 0 Å². The molecule has 2 aromatic carbocycles. The molecular weight excluding hydrogens is 332 g/mol. The van der Waals surface area contributed by atoms with Crippen LogP contribution in [0.3, 0.4) is 0 Å². The Hall–Kier alpha value is -3.02. The Morgan fingerprint density at radius 1 is 1.00 bits per heavy atom. The van der Waals surface area contributed by atoms with Crippen LogP contribution in [0.2, 0.25) is 0 Å². The van der Waals surface area contributed by atoms with E-state index in [2.05, 4.69) is 10.6 Å². The molecule has 2 amide bonds. The lowest BCUT2D eigenvalue weighted by atomic mass is 10.1. The number of methoxy groups -OCH3 is 2. The number of hydrogen-bond acceptors (Lipinski definition) is 4. The lowest BCUT2D eigenvalue weighted by Gasteiger charge is -2.14.